The molecule has 1 rings (SSSR count). The van der Waals surface area contributed by atoms with Crippen LogP contribution in [-0.4, -0.2) is 37.4 Å². The first-order valence-electron chi connectivity index (χ1n) is 9.07. The highest BCUT2D eigenvalue weighted by Gasteiger charge is 2.07. The Morgan fingerprint density at radius 3 is 2.44 bits per heavy atom. The van der Waals surface area contributed by atoms with Crippen molar-refractivity contribution in [2.75, 3.05) is 26.4 Å². The van der Waals surface area contributed by atoms with Crippen molar-refractivity contribution in [2.45, 2.75) is 46.0 Å². The first-order chi connectivity index (χ1) is 12.2. The predicted octanol–water partition coefficient (Wildman–Crippen LogP) is 3.68. The molecule has 0 aliphatic carbocycles. The van der Waals surface area contributed by atoms with Gasteiger partial charge in [-0.05, 0) is 49.8 Å². The van der Waals surface area contributed by atoms with Gasteiger partial charge in [0, 0.05) is 18.7 Å². The van der Waals surface area contributed by atoms with E-state index in [0.717, 1.165) is 13.0 Å². The van der Waals surface area contributed by atoms with E-state index in [1.807, 2.05) is 6.92 Å². The van der Waals surface area contributed by atoms with Crippen molar-refractivity contribution in [1.29, 1.82) is 0 Å². The molecule has 2 N–H and O–H groups in total. The summed E-state index contributed by atoms with van der Waals surface area (Å²) < 4.78 is 10.7. The number of nitrogens with one attached hydrogen (secondary N) is 2. The van der Waals surface area contributed by atoms with Crippen LogP contribution in [0, 0.1) is 0 Å². The normalized spacial score (nSPS) is 10.3. The molecule has 0 fully saturated rings. The quantitative estimate of drug-likeness (QED) is 0.436. The van der Waals surface area contributed by atoms with Crippen molar-refractivity contribution >= 4 is 23.2 Å². The fourth-order valence-electron chi connectivity index (χ4n) is 2.22. The van der Waals surface area contributed by atoms with Gasteiger partial charge < -0.3 is 14.8 Å². The standard InChI is InChI=1S/C19H30N2O3S/c1-3-5-6-7-8-13-20-19(25)21-18(22)16-9-11-17(12-10-16)24-15-14-23-4-2/h9-12H,3-8,13-15H2,1-2H3,(H2,20,21,22,25). The van der Waals surface area contributed by atoms with E-state index in [2.05, 4.69) is 17.6 Å². The maximum Gasteiger partial charge on any atom is 0.257 e. The van der Waals surface area contributed by atoms with Crippen molar-refractivity contribution in [2.24, 2.45) is 0 Å². The monoisotopic (exact) mass is 366 g/mol. The molecule has 0 saturated heterocycles. The molecule has 25 heavy (non-hydrogen) atoms. The Labute approximate surface area is 156 Å². The number of hydrogen-bond donors (Lipinski definition) is 2. The third-order valence-electron chi connectivity index (χ3n) is 3.61. The Kier molecular flexibility index (Phi) is 11.6. The highest BCUT2D eigenvalue weighted by Crippen LogP contribution is 2.12. The molecule has 0 aliphatic heterocycles. The zero-order valence-electron chi connectivity index (χ0n) is 15.3. The van der Waals surface area contributed by atoms with Gasteiger partial charge in [-0.15, -0.1) is 0 Å². The molecule has 0 atom stereocenters. The van der Waals surface area contributed by atoms with Gasteiger partial charge in [0.25, 0.3) is 5.91 Å². The minimum atomic E-state index is -0.218. The van der Waals surface area contributed by atoms with Gasteiger partial charge in [-0.25, -0.2) is 0 Å². The summed E-state index contributed by atoms with van der Waals surface area (Å²) in [6.07, 6.45) is 5.99. The van der Waals surface area contributed by atoms with Crippen LogP contribution in [0.1, 0.15) is 56.3 Å². The first-order valence-corrected chi connectivity index (χ1v) is 9.48. The fraction of sp³-hybridized carbons (Fsp3) is 0.579. The van der Waals surface area contributed by atoms with E-state index in [1.54, 1.807) is 24.3 Å². The third kappa shape index (κ3) is 10.0. The van der Waals surface area contributed by atoms with Gasteiger partial charge in [0.15, 0.2) is 5.11 Å². The van der Waals surface area contributed by atoms with Gasteiger partial charge in [0.2, 0.25) is 0 Å². The minimum absolute atomic E-state index is 0.218. The van der Waals surface area contributed by atoms with Gasteiger partial charge in [-0.1, -0.05) is 32.6 Å². The topological polar surface area (TPSA) is 59.6 Å². The van der Waals surface area contributed by atoms with Crippen molar-refractivity contribution in [3.63, 3.8) is 0 Å². The number of unbranched alkanes of at least 4 members (excludes halogenated alkanes) is 4. The van der Waals surface area contributed by atoms with E-state index in [1.165, 1.54) is 25.7 Å². The Morgan fingerprint density at radius 2 is 1.76 bits per heavy atom. The Hall–Kier alpha value is -1.66. The number of rotatable bonds is 12. The lowest BCUT2D eigenvalue weighted by molar-refractivity contribution is 0.0976. The fourth-order valence-corrected chi connectivity index (χ4v) is 2.41. The van der Waals surface area contributed by atoms with Crippen molar-refractivity contribution in [3.05, 3.63) is 29.8 Å². The Bertz CT molecular complexity index is 506. The van der Waals surface area contributed by atoms with Crippen LogP contribution >= 0.6 is 12.2 Å². The van der Waals surface area contributed by atoms with Gasteiger partial charge in [-0.2, -0.15) is 0 Å². The second-order valence-electron chi connectivity index (χ2n) is 5.69. The molecule has 1 amide bonds. The Balaban J connectivity index is 2.25. The van der Waals surface area contributed by atoms with Crippen LogP contribution in [0.25, 0.3) is 0 Å². The van der Waals surface area contributed by atoms with E-state index in [0.29, 0.717) is 36.2 Å². The van der Waals surface area contributed by atoms with E-state index in [4.69, 9.17) is 21.7 Å². The zero-order chi connectivity index (χ0) is 18.3. The minimum Gasteiger partial charge on any atom is -0.491 e. The number of ether oxygens (including phenoxy) is 2. The molecule has 0 aliphatic rings. The largest absolute Gasteiger partial charge is 0.491 e. The maximum absolute atomic E-state index is 12.1. The van der Waals surface area contributed by atoms with Crippen molar-refractivity contribution in [3.8, 4) is 5.75 Å². The van der Waals surface area contributed by atoms with Gasteiger partial charge in [-0.3, -0.25) is 10.1 Å². The van der Waals surface area contributed by atoms with Gasteiger partial charge in [0.1, 0.15) is 12.4 Å². The van der Waals surface area contributed by atoms with E-state index < -0.39 is 0 Å². The molecule has 1 aromatic carbocycles. The van der Waals surface area contributed by atoms with Crippen LogP contribution in [-0.2, 0) is 4.74 Å². The van der Waals surface area contributed by atoms with E-state index in [-0.39, 0.29) is 5.91 Å². The van der Waals surface area contributed by atoms with Gasteiger partial charge >= 0.3 is 0 Å². The second kappa shape index (κ2) is 13.6. The van der Waals surface area contributed by atoms with Crippen LogP contribution in [0.2, 0.25) is 0 Å². The number of thiocarbonyl (C=S) groups is 1. The summed E-state index contributed by atoms with van der Waals surface area (Å²) >= 11 is 5.16. The summed E-state index contributed by atoms with van der Waals surface area (Å²) in [4.78, 5) is 12.1. The summed E-state index contributed by atoms with van der Waals surface area (Å²) in [6.45, 7) is 6.65. The molecule has 0 bridgehead atoms. The molecule has 0 saturated carbocycles. The number of amides is 1. The summed E-state index contributed by atoms with van der Waals surface area (Å²) in [7, 11) is 0. The van der Waals surface area contributed by atoms with Crippen molar-refractivity contribution < 1.29 is 14.3 Å². The zero-order valence-corrected chi connectivity index (χ0v) is 16.1. The van der Waals surface area contributed by atoms with E-state index >= 15 is 0 Å². The molecule has 1 aromatic rings. The Morgan fingerprint density at radius 1 is 1.04 bits per heavy atom. The van der Waals surface area contributed by atoms with Gasteiger partial charge in [0.05, 0.1) is 6.61 Å². The molecule has 0 heterocycles. The summed E-state index contributed by atoms with van der Waals surface area (Å²) in [6, 6.07) is 6.98. The number of carbonyl (C=O) groups is 1. The van der Waals surface area contributed by atoms with Crippen LogP contribution < -0.4 is 15.4 Å². The lowest BCUT2D eigenvalue weighted by Gasteiger charge is -2.10. The highest BCUT2D eigenvalue weighted by atomic mass is 32.1. The predicted molar refractivity (Wildman–Crippen MR) is 105 cm³/mol. The van der Waals surface area contributed by atoms with Crippen LogP contribution in [0.5, 0.6) is 5.75 Å². The lowest BCUT2D eigenvalue weighted by atomic mass is 10.1. The first kappa shape index (κ1) is 21.4. The maximum atomic E-state index is 12.1. The molecule has 0 spiro atoms. The smallest absolute Gasteiger partial charge is 0.257 e. The van der Waals surface area contributed by atoms with Crippen LogP contribution in [0.15, 0.2) is 24.3 Å². The molecule has 140 valence electrons. The average Bonchev–Trinajstić information content (AvgIpc) is 2.62. The lowest BCUT2D eigenvalue weighted by Crippen LogP contribution is -2.39. The third-order valence-corrected chi connectivity index (χ3v) is 3.86. The van der Waals surface area contributed by atoms with Crippen LogP contribution in [0.4, 0.5) is 0 Å². The van der Waals surface area contributed by atoms with Crippen molar-refractivity contribution in [1.82, 2.24) is 10.6 Å². The summed E-state index contributed by atoms with van der Waals surface area (Å²) in [5.41, 5.74) is 0.546. The summed E-state index contributed by atoms with van der Waals surface area (Å²) in [5, 5.41) is 6.14. The van der Waals surface area contributed by atoms with E-state index in [9.17, 15) is 4.79 Å². The SMILES string of the molecule is CCCCCCCNC(=S)NC(=O)c1ccc(OCCOCC)cc1. The molecule has 0 aromatic heterocycles. The highest BCUT2D eigenvalue weighted by molar-refractivity contribution is 7.80. The average molecular weight is 367 g/mol. The molecule has 6 heteroatoms. The molecular formula is C19H30N2O3S. The summed E-state index contributed by atoms with van der Waals surface area (Å²) in [5.74, 6) is 0.494. The molecular weight excluding hydrogens is 336 g/mol. The molecule has 0 radical (unpaired) electrons. The number of carbonyl (C=O) groups excluding carboxylic acids is 1. The second-order valence-corrected chi connectivity index (χ2v) is 6.10. The molecule has 0 unspecified atom stereocenters. The molecule has 5 nitrogen and oxygen atoms in total. The van der Waals surface area contributed by atoms with Crippen LogP contribution in [0.3, 0.4) is 0 Å². The number of hydrogen-bond acceptors (Lipinski definition) is 4. The number of benzene rings is 1.